The Labute approximate surface area is 211 Å². The van der Waals surface area contributed by atoms with Gasteiger partial charge >= 0.3 is 0 Å². The van der Waals surface area contributed by atoms with Gasteiger partial charge < -0.3 is 18.7 Å². The van der Waals surface area contributed by atoms with Crippen molar-refractivity contribution in [2.75, 3.05) is 25.2 Å². The number of hydrogen-bond acceptors (Lipinski definition) is 6. The Bertz CT molecular complexity index is 652. The van der Waals surface area contributed by atoms with E-state index in [0.717, 1.165) is 43.5 Å². The van der Waals surface area contributed by atoms with E-state index < -0.39 is 8.32 Å². The summed E-state index contributed by atoms with van der Waals surface area (Å²) in [6.07, 6.45) is 7.25. The van der Waals surface area contributed by atoms with Crippen LogP contribution in [0.25, 0.3) is 0 Å². The van der Waals surface area contributed by atoms with Gasteiger partial charge in [-0.25, -0.2) is 0 Å². The van der Waals surface area contributed by atoms with E-state index in [1.165, 1.54) is 48.9 Å². The minimum atomic E-state index is -1.48. The van der Waals surface area contributed by atoms with Gasteiger partial charge in [0.05, 0.1) is 17.8 Å². The van der Waals surface area contributed by atoms with E-state index in [1.807, 2.05) is 24.3 Å². The van der Waals surface area contributed by atoms with Crippen LogP contribution in [-0.2, 0) is 20.6 Å². The molecule has 0 amide bonds. The van der Waals surface area contributed by atoms with E-state index in [1.54, 1.807) is 7.11 Å². The molecule has 0 spiro atoms. The molecule has 188 valence electrons. The molecule has 0 aliphatic carbocycles. The molecule has 33 heavy (non-hydrogen) atoms. The molecule has 1 atom stereocenters. The summed E-state index contributed by atoms with van der Waals surface area (Å²) in [5, 5.41) is 0. The van der Waals surface area contributed by atoms with Gasteiger partial charge in [0.15, 0.2) is 8.32 Å². The molecule has 1 aliphatic heterocycles. The molecule has 2 rings (SSSR count). The minimum Gasteiger partial charge on any atom is -0.497 e. The Balaban J connectivity index is 1.80. The number of ether oxygens (including phenoxy) is 2. The molecule has 0 N–H and O–H groups in total. The maximum Gasteiger partial charge on any atom is 0.191 e. The Morgan fingerprint density at radius 1 is 1.03 bits per heavy atom. The molecule has 0 saturated carbocycles. The smallest absolute Gasteiger partial charge is 0.191 e. The van der Waals surface area contributed by atoms with Crippen molar-refractivity contribution in [2.24, 2.45) is 0 Å². The van der Waals surface area contributed by atoms with Gasteiger partial charge in [-0.05, 0) is 85.9 Å². The number of methoxy groups -OCH3 is 1. The Morgan fingerprint density at radius 3 is 2.27 bits per heavy atom. The molecule has 0 unspecified atom stereocenters. The number of aldehydes is 1. The van der Waals surface area contributed by atoms with Crippen molar-refractivity contribution in [3.63, 3.8) is 0 Å². The van der Waals surface area contributed by atoms with Gasteiger partial charge in [0, 0.05) is 6.61 Å². The van der Waals surface area contributed by atoms with Crippen LogP contribution in [0, 0.1) is 0 Å². The predicted octanol–water partition coefficient (Wildman–Crippen LogP) is 7.32. The maximum atomic E-state index is 11.7. The highest BCUT2D eigenvalue weighted by atomic mass is 32.2. The van der Waals surface area contributed by atoms with Gasteiger partial charge in [0.1, 0.15) is 18.1 Å². The van der Waals surface area contributed by atoms with Crippen LogP contribution in [0.15, 0.2) is 24.3 Å². The second-order valence-corrected chi connectivity index (χ2v) is 16.9. The lowest BCUT2D eigenvalue weighted by atomic mass is 10.1. The van der Waals surface area contributed by atoms with Crippen molar-refractivity contribution >= 4 is 38.1 Å². The average molecular weight is 513 g/mol. The third-order valence-corrected chi connectivity index (χ3v) is 15.1. The van der Waals surface area contributed by atoms with Crippen molar-refractivity contribution in [3.8, 4) is 5.75 Å². The summed E-state index contributed by atoms with van der Waals surface area (Å²) in [6, 6.07) is 11.5. The van der Waals surface area contributed by atoms with E-state index >= 15 is 0 Å². The number of carbonyl (C=O) groups excluding carboxylic acids is 1. The molecule has 7 heteroatoms. The summed E-state index contributed by atoms with van der Waals surface area (Å²) >= 11 is 4.21. The second kappa shape index (κ2) is 15.5. The van der Waals surface area contributed by atoms with Crippen LogP contribution in [0.4, 0.5) is 0 Å². The lowest BCUT2D eigenvalue weighted by molar-refractivity contribution is -0.119. The number of unbranched alkanes of at least 4 members (excludes halogenated alkanes) is 1. The zero-order valence-electron chi connectivity index (χ0n) is 21.1. The van der Waals surface area contributed by atoms with Crippen LogP contribution < -0.4 is 4.74 Å². The lowest BCUT2D eigenvalue weighted by Gasteiger charge is -2.37. The maximum absolute atomic E-state index is 11.7. The van der Waals surface area contributed by atoms with E-state index in [-0.39, 0.29) is 10.2 Å². The van der Waals surface area contributed by atoms with Crippen molar-refractivity contribution in [1.29, 1.82) is 0 Å². The van der Waals surface area contributed by atoms with Crippen LogP contribution in [-0.4, -0.2) is 50.0 Å². The minimum absolute atomic E-state index is 0.220. The summed E-state index contributed by atoms with van der Waals surface area (Å²) < 4.78 is 17.8. The van der Waals surface area contributed by atoms with E-state index in [2.05, 4.69) is 44.3 Å². The van der Waals surface area contributed by atoms with Gasteiger partial charge in [0.2, 0.25) is 0 Å². The third-order valence-electron chi connectivity index (χ3n) is 6.90. The molecule has 1 fully saturated rings. The average Bonchev–Trinajstić information content (AvgIpc) is 2.87. The van der Waals surface area contributed by atoms with Crippen molar-refractivity contribution in [2.45, 2.75) is 94.2 Å². The van der Waals surface area contributed by atoms with Crippen molar-refractivity contribution in [1.82, 2.24) is 0 Å². The van der Waals surface area contributed by atoms with E-state index in [0.29, 0.717) is 6.61 Å². The van der Waals surface area contributed by atoms with Gasteiger partial charge in [0.25, 0.3) is 0 Å². The fourth-order valence-electron chi connectivity index (χ4n) is 4.35. The second-order valence-electron chi connectivity index (χ2n) is 8.88. The largest absolute Gasteiger partial charge is 0.497 e. The molecular weight excluding hydrogens is 469 g/mol. The molecule has 0 radical (unpaired) electrons. The van der Waals surface area contributed by atoms with Gasteiger partial charge in [-0.2, -0.15) is 0 Å². The fraction of sp³-hybridized carbons (Fsp3) is 0.731. The normalized spacial score (nSPS) is 17.0. The Hall–Kier alpha value is -0.473. The summed E-state index contributed by atoms with van der Waals surface area (Å²) in [5.74, 6) is 3.27. The van der Waals surface area contributed by atoms with Crippen molar-refractivity contribution in [3.05, 3.63) is 29.8 Å². The first-order valence-corrected chi connectivity index (χ1v) is 17.2. The van der Waals surface area contributed by atoms with Crippen LogP contribution in [0.1, 0.15) is 64.9 Å². The first kappa shape index (κ1) is 28.8. The van der Waals surface area contributed by atoms with E-state index in [4.69, 9.17) is 13.9 Å². The van der Waals surface area contributed by atoms with E-state index in [9.17, 15) is 4.79 Å². The standard InChI is InChI=1S/C26H44O4S2Si/c1-5-33(6-2,7-3)30-18-9-8-16-26(31-19-10-20-32-26)17-15-25(21-27)29-22-23-11-13-24(28-4)14-12-23/h11-14,21,25H,5-10,15-20,22H2,1-4H3/t25-/m0/s1. The lowest BCUT2D eigenvalue weighted by Crippen LogP contribution is -2.36. The molecule has 0 bridgehead atoms. The fourth-order valence-corrected chi connectivity index (χ4v) is 10.5. The summed E-state index contributed by atoms with van der Waals surface area (Å²) in [4.78, 5) is 11.7. The predicted molar refractivity (Wildman–Crippen MR) is 146 cm³/mol. The summed E-state index contributed by atoms with van der Waals surface area (Å²) in [5.41, 5.74) is 1.06. The van der Waals surface area contributed by atoms with Gasteiger partial charge in [-0.1, -0.05) is 32.9 Å². The van der Waals surface area contributed by atoms with Gasteiger partial charge in [-0.15, -0.1) is 23.5 Å². The van der Waals surface area contributed by atoms with Crippen LogP contribution >= 0.6 is 23.5 Å². The molecule has 4 nitrogen and oxygen atoms in total. The summed E-state index contributed by atoms with van der Waals surface area (Å²) in [7, 11) is 0.185. The molecule has 1 aromatic rings. The Morgan fingerprint density at radius 2 is 1.70 bits per heavy atom. The molecule has 1 aliphatic rings. The van der Waals surface area contributed by atoms with Crippen molar-refractivity contribution < 1.29 is 18.7 Å². The van der Waals surface area contributed by atoms with Crippen LogP contribution in [0.5, 0.6) is 5.75 Å². The molecule has 1 saturated heterocycles. The number of benzene rings is 1. The number of hydrogen-bond donors (Lipinski definition) is 0. The number of thioether (sulfide) groups is 2. The zero-order valence-corrected chi connectivity index (χ0v) is 23.7. The summed E-state index contributed by atoms with van der Waals surface area (Å²) in [6.45, 7) is 8.25. The molecule has 1 heterocycles. The highest BCUT2D eigenvalue weighted by Gasteiger charge is 2.34. The highest BCUT2D eigenvalue weighted by molar-refractivity contribution is 8.18. The Kier molecular flexibility index (Phi) is 13.5. The third kappa shape index (κ3) is 9.59. The molecular formula is C26H44O4S2Si. The quantitative estimate of drug-likeness (QED) is 0.124. The van der Waals surface area contributed by atoms with Crippen LogP contribution in [0.2, 0.25) is 18.1 Å². The number of carbonyl (C=O) groups is 1. The highest BCUT2D eigenvalue weighted by Crippen LogP contribution is 2.49. The SMILES string of the molecule is CC[Si](CC)(CC)OCCCCC1(CC[C@@H](C=O)OCc2ccc(OC)cc2)SCCCS1. The number of rotatable bonds is 17. The first-order valence-electron chi connectivity index (χ1n) is 12.7. The van der Waals surface area contributed by atoms with Gasteiger partial charge in [-0.3, -0.25) is 0 Å². The molecule has 1 aromatic carbocycles. The first-order chi connectivity index (χ1) is 16.0. The molecule has 0 aromatic heterocycles. The monoisotopic (exact) mass is 512 g/mol. The topological polar surface area (TPSA) is 44.8 Å². The van der Waals surface area contributed by atoms with Crippen LogP contribution in [0.3, 0.4) is 0 Å². The zero-order chi connectivity index (χ0) is 24.0.